The number of aromatic nitrogens is 5. The maximum absolute atomic E-state index is 5.55. The molecular formula is C5H6N6. The summed E-state index contributed by atoms with van der Waals surface area (Å²) in [6.45, 7) is 0. The van der Waals surface area contributed by atoms with E-state index in [-0.39, 0.29) is 0 Å². The predicted octanol–water partition coefficient (Wildman–Crippen LogP) is -0.660. The van der Waals surface area contributed by atoms with E-state index in [4.69, 9.17) is 5.73 Å². The molecule has 0 aliphatic heterocycles. The van der Waals surface area contributed by atoms with Crippen LogP contribution in [-0.4, -0.2) is 25.2 Å². The van der Waals surface area contributed by atoms with Crippen LogP contribution in [0.3, 0.4) is 0 Å². The van der Waals surface area contributed by atoms with Gasteiger partial charge in [0.15, 0.2) is 5.52 Å². The number of rotatable bonds is 0. The molecule has 2 rings (SSSR count). The van der Waals surface area contributed by atoms with Gasteiger partial charge >= 0.3 is 0 Å². The standard InChI is InChI=1S/C5H6N6/c1-11-5-4(8-10-11)3(6)2-7-9-5/h2H,1H3,(H2,6,9). The highest BCUT2D eigenvalue weighted by Crippen LogP contribution is 2.11. The van der Waals surface area contributed by atoms with Gasteiger partial charge in [-0.15, -0.1) is 10.2 Å². The van der Waals surface area contributed by atoms with Gasteiger partial charge in [-0.05, 0) is 0 Å². The molecule has 0 aromatic carbocycles. The summed E-state index contributed by atoms with van der Waals surface area (Å²) in [5.74, 6) is 0. The predicted molar refractivity (Wildman–Crippen MR) is 38.5 cm³/mol. The van der Waals surface area contributed by atoms with Crippen LogP contribution in [-0.2, 0) is 7.05 Å². The van der Waals surface area contributed by atoms with E-state index >= 15 is 0 Å². The Labute approximate surface area is 62.0 Å². The fraction of sp³-hybridized carbons (Fsp3) is 0.200. The molecule has 0 fully saturated rings. The van der Waals surface area contributed by atoms with Crippen molar-refractivity contribution in [3.8, 4) is 0 Å². The summed E-state index contributed by atoms with van der Waals surface area (Å²) in [5, 5.41) is 15.0. The summed E-state index contributed by atoms with van der Waals surface area (Å²) in [5.41, 5.74) is 7.26. The molecule has 0 bridgehead atoms. The third kappa shape index (κ3) is 0.721. The first-order valence-corrected chi connectivity index (χ1v) is 3.05. The lowest BCUT2D eigenvalue weighted by molar-refractivity contribution is 0.725. The Morgan fingerprint density at radius 2 is 2.27 bits per heavy atom. The zero-order valence-electron chi connectivity index (χ0n) is 5.89. The molecule has 0 amide bonds. The van der Waals surface area contributed by atoms with E-state index in [0.717, 1.165) is 0 Å². The number of nitrogen functional groups attached to an aromatic ring is 1. The molecule has 2 aromatic rings. The van der Waals surface area contributed by atoms with Crippen LogP contribution in [0, 0.1) is 0 Å². The first-order valence-electron chi connectivity index (χ1n) is 3.05. The molecule has 6 heteroatoms. The average Bonchev–Trinajstić information content (AvgIpc) is 2.35. The van der Waals surface area contributed by atoms with Crippen molar-refractivity contribution in [2.24, 2.45) is 7.05 Å². The summed E-state index contributed by atoms with van der Waals surface area (Å²) in [6.07, 6.45) is 1.46. The van der Waals surface area contributed by atoms with Crippen molar-refractivity contribution in [3.05, 3.63) is 6.20 Å². The largest absolute Gasteiger partial charge is 0.395 e. The van der Waals surface area contributed by atoms with Crippen LogP contribution in [0.4, 0.5) is 5.69 Å². The minimum Gasteiger partial charge on any atom is -0.395 e. The van der Waals surface area contributed by atoms with Gasteiger partial charge in [-0.2, -0.15) is 5.10 Å². The van der Waals surface area contributed by atoms with Crippen molar-refractivity contribution in [1.29, 1.82) is 0 Å². The maximum atomic E-state index is 5.55. The van der Waals surface area contributed by atoms with E-state index in [2.05, 4.69) is 20.5 Å². The SMILES string of the molecule is Cn1nnc2c(N)cnnc21. The Morgan fingerprint density at radius 3 is 3.00 bits per heavy atom. The molecule has 11 heavy (non-hydrogen) atoms. The van der Waals surface area contributed by atoms with Gasteiger partial charge in [-0.25, -0.2) is 4.68 Å². The molecule has 0 radical (unpaired) electrons. The lowest BCUT2D eigenvalue weighted by Gasteiger charge is -1.90. The Hall–Kier alpha value is -1.72. The fourth-order valence-corrected chi connectivity index (χ4v) is 0.858. The number of aryl methyl sites for hydroxylation is 1. The van der Waals surface area contributed by atoms with E-state index in [1.165, 1.54) is 10.9 Å². The zero-order valence-corrected chi connectivity index (χ0v) is 5.89. The van der Waals surface area contributed by atoms with Gasteiger partial charge in [0.1, 0.15) is 0 Å². The first-order chi connectivity index (χ1) is 5.29. The van der Waals surface area contributed by atoms with Crippen LogP contribution in [0.2, 0.25) is 0 Å². The van der Waals surface area contributed by atoms with E-state index in [9.17, 15) is 0 Å². The van der Waals surface area contributed by atoms with Crippen LogP contribution in [0.5, 0.6) is 0 Å². The smallest absolute Gasteiger partial charge is 0.202 e. The Morgan fingerprint density at radius 1 is 1.45 bits per heavy atom. The number of hydrogen-bond donors (Lipinski definition) is 1. The lowest BCUT2D eigenvalue weighted by Crippen LogP contribution is -1.95. The van der Waals surface area contributed by atoms with E-state index in [1.807, 2.05) is 0 Å². The third-order valence-electron chi connectivity index (χ3n) is 1.42. The van der Waals surface area contributed by atoms with Crippen molar-refractivity contribution in [1.82, 2.24) is 25.2 Å². The molecule has 0 spiro atoms. The van der Waals surface area contributed by atoms with Gasteiger partial charge in [-0.1, -0.05) is 5.21 Å². The minimum atomic E-state index is 0.503. The number of nitrogens with two attached hydrogens (primary N) is 1. The van der Waals surface area contributed by atoms with Crippen molar-refractivity contribution in [3.63, 3.8) is 0 Å². The normalized spacial score (nSPS) is 10.6. The summed E-state index contributed by atoms with van der Waals surface area (Å²) < 4.78 is 1.53. The second-order valence-corrected chi connectivity index (χ2v) is 2.19. The molecule has 2 heterocycles. The van der Waals surface area contributed by atoms with Crippen LogP contribution in [0.15, 0.2) is 6.20 Å². The first kappa shape index (κ1) is 6.02. The van der Waals surface area contributed by atoms with E-state index < -0.39 is 0 Å². The zero-order chi connectivity index (χ0) is 7.84. The highest BCUT2D eigenvalue weighted by molar-refractivity contribution is 5.81. The molecule has 6 nitrogen and oxygen atoms in total. The van der Waals surface area contributed by atoms with Crippen molar-refractivity contribution >= 4 is 16.9 Å². The van der Waals surface area contributed by atoms with Gasteiger partial charge in [0.2, 0.25) is 5.65 Å². The van der Waals surface area contributed by atoms with Crippen LogP contribution >= 0.6 is 0 Å². The monoisotopic (exact) mass is 150 g/mol. The van der Waals surface area contributed by atoms with Gasteiger partial charge in [0.05, 0.1) is 11.9 Å². The second kappa shape index (κ2) is 1.88. The van der Waals surface area contributed by atoms with E-state index in [1.54, 1.807) is 7.05 Å². The Bertz CT molecular complexity index is 391. The molecule has 2 aromatic heterocycles. The molecule has 0 saturated carbocycles. The Balaban J connectivity index is 2.94. The molecule has 0 atom stereocenters. The number of fused-ring (bicyclic) bond motifs is 1. The highest BCUT2D eigenvalue weighted by atomic mass is 15.4. The average molecular weight is 150 g/mol. The summed E-state index contributed by atoms with van der Waals surface area (Å²) >= 11 is 0. The number of anilines is 1. The van der Waals surface area contributed by atoms with Gasteiger partial charge < -0.3 is 5.73 Å². The topological polar surface area (TPSA) is 82.5 Å². The third-order valence-corrected chi connectivity index (χ3v) is 1.42. The van der Waals surface area contributed by atoms with Crippen LogP contribution in [0.25, 0.3) is 11.2 Å². The molecule has 0 unspecified atom stereocenters. The van der Waals surface area contributed by atoms with Crippen LogP contribution in [0.1, 0.15) is 0 Å². The lowest BCUT2D eigenvalue weighted by atomic mass is 10.4. The van der Waals surface area contributed by atoms with E-state index in [0.29, 0.717) is 16.9 Å². The quantitative estimate of drug-likeness (QED) is 0.539. The van der Waals surface area contributed by atoms with Gasteiger partial charge in [0.25, 0.3) is 0 Å². The molecule has 2 N–H and O–H groups in total. The van der Waals surface area contributed by atoms with Gasteiger partial charge in [0, 0.05) is 7.05 Å². The van der Waals surface area contributed by atoms with Crippen LogP contribution < -0.4 is 5.73 Å². The number of nitrogens with zero attached hydrogens (tertiary/aromatic N) is 5. The summed E-state index contributed by atoms with van der Waals surface area (Å²) in [7, 11) is 1.74. The van der Waals surface area contributed by atoms with Crippen molar-refractivity contribution in [2.45, 2.75) is 0 Å². The maximum Gasteiger partial charge on any atom is 0.202 e. The summed E-state index contributed by atoms with van der Waals surface area (Å²) in [4.78, 5) is 0. The van der Waals surface area contributed by atoms with Crippen molar-refractivity contribution in [2.75, 3.05) is 5.73 Å². The van der Waals surface area contributed by atoms with Crippen molar-refractivity contribution < 1.29 is 0 Å². The highest BCUT2D eigenvalue weighted by Gasteiger charge is 2.04. The molecule has 0 aliphatic rings. The van der Waals surface area contributed by atoms with Gasteiger partial charge in [-0.3, -0.25) is 0 Å². The fourth-order valence-electron chi connectivity index (χ4n) is 0.858. The second-order valence-electron chi connectivity index (χ2n) is 2.19. The molecule has 0 aliphatic carbocycles. The molecule has 56 valence electrons. The number of hydrogen-bond acceptors (Lipinski definition) is 5. The molecule has 0 saturated heterocycles. The summed E-state index contributed by atoms with van der Waals surface area (Å²) in [6, 6.07) is 0. The molecular weight excluding hydrogens is 144 g/mol. The Kier molecular flexibility index (Phi) is 1.03. The minimum absolute atomic E-state index is 0.503.